The van der Waals surface area contributed by atoms with Crippen LogP contribution in [0.2, 0.25) is 0 Å². The Balaban J connectivity index is 0. The second-order valence-electron chi connectivity index (χ2n) is 2.52. The average Bonchev–Trinajstić information content (AvgIpc) is 2.34. The summed E-state index contributed by atoms with van der Waals surface area (Å²) in [6, 6.07) is 8.83. The molecule has 1 aromatic carbocycles. The maximum atomic E-state index is 3.53. The molecule has 0 saturated carbocycles. The van der Waals surface area contributed by atoms with Crippen molar-refractivity contribution in [1.82, 2.24) is 0 Å². The normalized spacial score (nSPS) is 7.86. The molecular formula is C13H24S. The van der Waals surface area contributed by atoms with E-state index in [-0.39, 0.29) is 0 Å². The summed E-state index contributed by atoms with van der Waals surface area (Å²) in [5, 5.41) is 0. The third-order valence-electron chi connectivity index (χ3n) is 1.84. The fourth-order valence-electron chi connectivity index (χ4n) is 1.01. The van der Waals surface area contributed by atoms with E-state index in [4.69, 9.17) is 0 Å². The van der Waals surface area contributed by atoms with Gasteiger partial charge in [-0.15, -0.1) is 0 Å². The van der Waals surface area contributed by atoms with Crippen molar-refractivity contribution in [3.8, 4) is 0 Å². The lowest BCUT2D eigenvalue weighted by molar-refractivity contribution is 1.10. The Kier molecular flexibility index (Phi) is 14.4. The number of hydrogen-bond acceptors (Lipinski definition) is 1. The topological polar surface area (TPSA) is 0 Å². The summed E-state index contributed by atoms with van der Waals surface area (Å²) in [7, 11) is 0. The van der Waals surface area contributed by atoms with Crippen LogP contribution in [0, 0.1) is 0 Å². The molecule has 0 aliphatic rings. The molecule has 0 aliphatic heterocycles. The molecule has 0 saturated heterocycles. The lowest BCUT2D eigenvalue weighted by Gasteiger charge is -1.97. The molecule has 1 heteroatoms. The lowest BCUT2D eigenvalue weighted by atomic mass is 10.1. The Morgan fingerprint density at radius 3 is 1.14 bits per heavy atom. The SMILES string of the molecule is CC.CCc1ccc(CC)cc1.CS. The zero-order chi connectivity index (χ0) is 11.4. The van der Waals surface area contributed by atoms with Crippen molar-refractivity contribution in [1.29, 1.82) is 0 Å². The van der Waals surface area contributed by atoms with E-state index in [1.54, 1.807) is 6.26 Å². The molecule has 0 fully saturated rings. The zero-order valence-electron chi connectivity index (χ0n) is 10.2. The van der Waals surface area contributed by atoms with Crippen molar-refractivity contribution >= 4 is 12.6 Å². The Morgan fingerprint density at radius 2 is 1.00 bits per heavy atom. The standard InChI is InChI=1S/C10H14.C2H6.CH4S/c1-3-9-5-7-10(4-2)8-6-9;2*1-2/h5-8H,3-4H2,1-2H3;1-2H3;2H,1H3. The molecule has 82 valence electrons. The summed E-state index contributed by atoms with van der Waals surface area (Å²) in [6.07, 6.45) is 3.98. The smallest absolute Gasteiger partial charge is 0.0215 e. The van der Waals surface area contributed by atoms with Gasteiger partial charge < -0.3 is 0 Å². The monoisotopic (exact) mass is 212 g/mol. The molecule has 0 heterocycles. The van der Waals surface area contributed by atoms with Crippen molar-refractivity contribution in [2.75, 3.05) is 6.26 Å². The molecule has 14 heavy (non-hydrogen) atoms. The molecule has 0 bridgehead atoms. The summed E-state index contributed by atoms with van der Waals surface area (Å²) in [4.78, 5) is 0. The first-order valence-corrected chi connectivity index (χ1v) is 6.28. The Labute approximate surface area is 95.2 Å². The van der Waals surface area contributed by atoms with Crippen LogP contribution in [-0.4, -0.2) is 6.26 Å². The van der Waals surface area contributed by atoms with Gasteiger partial charge in [0.15, 0.2) is 0 Å². The summed E-state index contributed by atoms with van der Waals surface area (Å²) < 4.78 is 0. The molecule has 1 aromatic rings. The van der Waals surface area contributed by atoms with Gasteiger partial charge in [0.25, 0.3) is 0 Å². The van der Waals surface area contributed by atoms with Gasteiger partial charge in [-0.05, 0) is 30.2 Å². The number of thiol groups is 1. The van der Waals surface area contributed by atoms with Gasteiger partial charge in [0.05, 0.1) is 0 Å². The first kappa shape index (κ1) is 16.0. The van der Waals surface area contributed by atoms with Gasteiger partial charge in [0, 0.05) is 0 Å². The van der Waals surface area contributed by atoms with E-state index in [0.29, 0.717) is 0 Å². The number of aryl methyl sites for hydroxylation is 2. The van der Waals surface area contributed by atoms with Crippen LogP contribution in [0.25, 0.3) is 0 Å². The molecule has 0 radical (unpaired) electrons. The maximum absolute atomic E-state index is 3.53. The first-order valence-electron chi connectivity index (χ1n) is 5.39. The molecule has 0 amide bonds. The van der Waals surface area contributed by atoms with Gasteiger partial charge in [-0.3, -0.25) is 0 Å². The van der Waals surface area contributed by atoms with Gasteiger partial charge in [0.1, 0.15) is 0 Å². The average molecular weight is 212 g/mol. The highest BCUT2D eigenvalue weighted by Crippen LogP contribution is 2.04. The summed E-state index contributed by atoms with van der Waals surface area (Å²) in [5.41, 5.74) is 2.86. The maximum Gasteiger partial charge on any atom is -0.0215 e. The van der Waals surface area contributed by atoms with Crippen LogP contribution in [-0.2, 0) is 12.8 Å². The van der Waals surface area contributed by atoms with Crippen LogP contribution in [0.5, 0.6) is 0 Å². The van der Waals surface area contributed by atoms with Crippen molar-refractivity contribution in [3.63, 3.8) is 0 Å². The minimum atomic E-state index is 1.14. The van der Waals surface area contributed by atoms with Crippen LogP contribution in [0.15, 0.2) is 24.3 Å². The van der Waals surface area contributed by atoms with E-state index in [0.717, 1.165) is 12.8 Å². The minimum absolute atomic E-state index is 1.14. The summed E-state index contributed by atoms with van der Waals surface area (Å²) >= 11 is 3.53. The number of rotatable bonds is 2. The molecular weight excluding hydrogens is 188 g/mol. The van der Waals surface area contributed by atoms with Crippen LogP contribution in [0.1, 0.15) is 38.8 Å². The van der Waals surface area contributed by atoms with Gasteiger partial charge in [-0.25, -0.2) is 0 Å². The lowest BCUT2D eigenvalue weighted by Crippen LogP contribution is -1.81. The van der Waals surface area contributed by atoms with Gasteiger partial charge in [-0.2, -0.15) is 12.6 Å². The second kappa shape index (κ2) is 12.6. The highest BCUT2D eigenvalue weighted by molar-refractivity contribution is 7.79. The van der Waals surface area contributed by atoms with E-state index in [1.165, 1.54) is 11.1 Å². The molecule has 0 nitrogen and oxygen atoms in total. The quantitative estimate of drug-likeness (QED) is 0.691. The van der Waals surface area contributed by atoms with Gasteiger partial charge >= 0.3 is 0 Å². The highest BCUT2D eigenvalue weighted by atomic mass is 32.1. The van der Waals surface area contributed by atoms with E-state index in [1.807, 2.05) is 13.8 Å². The Morgan fingerprint density at radius 1 is 0.786 bits per heavy atom. The number of hydrogen-bond donors (Lipinski definition) is 1. The van der Waals surface area contributed by atoms with Crippen molar-refractivity contribution in [2.24, 2.45) is 0 Å². The van der Waals surface area contributed by atoms with Crippen molar-refractivity contribution in [2.45, 2.75) is 40.5 Å². The van der Waals surface area contributed by atoms with Crippen molar-refractivity contribution < 1.29 is 0 Å². The molecule has 0 aliphatic carbocycles. The van der Waals surface area contributed by atoms with Crippen molar-refractivity contribution in [3.05, 3.63) is 35.4 Å². The first-order chi connectivity index (χ1) is 6.86. The van der Waals surface area contributed by atoms with E-state index in [9.17, 15) is 0 Å². The van der Waals surface area contributed by atoms with E-state index in [2.05, 4.69) is 50.7 Å². The van der Waals surface area contributed by atoms with E-state index < -0.39 is 0 Å². The summed E-state index contributed by atoms with van der Waals surface area (Å²) in [6.45, 7) is 8.36. The number of benzene rings is 1. The van der Waals surface area contributed by atoms with Crippen LogP contribution >= 0.6 is 12.6 Å². The zero-order valence-corrected chi connectivity index (χ0v) is 11.1. The Bertz CT molecular complexity index is 166. The molecule has 0 atom stereocenters. The molecule has 0 aromatic heterocycles. The molecule has 0 spiro atoms. The van der Waals surface area contributed by atoms with Crippen LogP contribution < -0.4 is 0 Å². The van der Waals surface area contributed by atoms with Crippen LogP contribution in [0.3, 0.4) is 0 Å². The predicted molar refractivity (Wildman–Crippen MR) is 71.5 cm³/mol. The molecule has 0 N–H and O–H groups in total. The minimum Gasteiger partial charge on any atom is -0.183 e. The highest BCUT2D eigenvalue weighted by Gasteiger charge is 1.88. The van der Waals surface area contributed by atoms with Crippen LogP contribution in [0.4, 0.5) is 0 Å². The largest absolute Gasteiger partial charge is 0.183 e. The van der Waals surface area contributed by atoms with E-state index >= 15 is 0 Å². The van der Waals surface area contributed by atoms with Gasteiger partial charge in [-0.1, -0.05) is 52.0 Å². The predicted octanol–water partition coefficient (Wildman–Crippen LogP) is 4.38. The third-order valence-corrected chi connectivity index (χ3v) is 1.84. The third kappa shape index (κ3) is 7.02. The fraction of sp³-hybridized carbons (Fsp3) is 0.538. The second-order valence-corrected chi connectivity index (χ2v) is 2.52. The molecule has 0 unspecified atom stereocenters. The van der Waals surface area contributed by atoms with Gasteiger partial charge in [0.2, 0.25) is 0 Å². The summed E-state index contributed by atoms with van der Waals surface area (Å²) in [5.74, 6) is 0. The Hall–Kier alpha value is -0.430. The fourth-order valence-corrected chi connectivity index (χ4v) is 1.01. The molecule has 1 rings (SSSR count).